The number of ether oxygens (including phenoxy) is 2. The van der Waals surface area contributed by atoms with E-state index < -0.39 is 0 Å². The van der Waals surface area contributed by atoms with Crippen LogP contribution in [0.15, 0.2) is 48.5 Å². The number of aldehydes is 1. The summed E-state index contributed by atoms with van der Waals surface area (Å²) in [4.78, 5) is 11.3. The summed E-state index contributed by atoms with van der Waals surface area (Å²) in [7, 11) is 1.62. The number of carbonyl (C=O) groups is 1. The van der Waals surface area contributed by atoms with E-state index in [4.69, 9.17) is 9.47 Å². The SMILES string of the molecule is COc1ccc(C(C=O)C(C)C)cc1OCc1ccccc1. The van der Waals surface area contributed by atoms with Crippen LogP contribution in [0.4, 0.5) is 0 Å². The van der Waals surface area contributed by atoms with E-state index in [1.165, 1.54) is 0 Å². The van der Waals surface area contributed by atoms with Gasteiger partial charge in [-0.3, -0.25) is 0 Å². The van der Waals surface area contributed by atoms with Gasteiger partial charge >= 0.3 is 0 Å². The van der Waals surface area contributed by atoms with Gasteiger partial charge in [0.25, 0.3) is 0 Å². The molecule has 0 bridgehead atoms. The second-order valence-corrected chi connectivity index (χ2v) is 5.59. The Morgan fingerprint density at radius 2 is 1.77 bits per heavy atom. The van der Waals surface area contributed by atoms with Crippen LogP contribution in [0.2, 0.25) is 0 Å². The monoisotopic (exact) mass is 298 g/mol. The van der Waals surface area contributed by atoms with E-state index in [1.807, 2.05) is 62.4 Å². The molecule has 0 aliphatic rings. The molecule has 0 fully saturated rings. The van der Waals surface area contributed by atoms with Crippen molar-refractivity contribution in [3.8, 4) is 11.5 Å². The van der Waals surface area contributed by atoms with Crippen molar-refractivity contribution >= 4 is 6.29 Å². The number of carbonyl (C=O) groups excluding carboxylic acids is 1. The molecule has 2 aromatic carbocycles. The summed E-state index contributed by atoms with van der Waals surface area (Å²) in [5.74, 6) is 1.45. The zero-order chi connectivity index (χ0) is 15.9. The molecule has 22 heavy (non-hydrogen) atoms. The van der Waals surface area contributed by atoms with Crippen molar-refractivity contribution in [2.75, 3.05) is 7.11 Å². The van der Waals surface area contributed by atoms with Gasteiger partial charge in [0.1, 0.15) is 12.9 Å². The third kappa shape index (κ3) is 3.88. The van der Waals surface area contributed by atoms with Gasteiger partial charge in [0.2, 0.25) is 0 Å². The van der Waals surface area contributed by atoms with E-state index in [1.54, 1.807) is 7.11 Å². The second-order valence-electron chi connectivity index (χ2n) is 5.59. The molecule has 0 N–H and O–H groups in total. The molecule has 1 atom stereocenters. The van der Waals surface area contributed by atoms with Gasteiger partial charge in [0, 0.05) is 5.92 Å². The van der Waals surface area contributed by atoms with Crippen LogP contribution in [0.25, 0.3) is 0 Å². The van der Waals surface area contributed by atoms with Crippen molar-refractivity contribution in [2.24, 2.45) is 5.92 Å². The highest BCUT2D eigenvalue weighted by molar-refractivity contribution is 5.63. The van der Waals surface area contributed by atoms with Gasteiger partial charge in [0.15, 0.2) is 11.5 Å². The second kappa shape index (κ2) is 7.64. The predicted molar refractivity (Wildman–Crippen MR) is 87.4 cm³/mol. The average molecular weight is 298 g/mol. The molecule has 0 spiro atoms. The molecule has 0 saturated carbocycles. The molecular weight excluding hydrogens is 276 g/mol. The minimum absolute atomic E-state index is 0.134. The van der Waals surface area contributed by atoms with Gasteiger partial charge in [-0.15, -0.1) is 0 Å². The number of benzene rings is 2. The number of hydrogen-bond donors (Lipinski definition) is 0. The van der Waals surface area contributed by atoms with Gasteiger partial charge < -0.3 is 14.3 Å². The summed E-state index contributed by atoms with van der Waals surface area (Å²) in [5.41, 5.74) is 2.04. The number of methoxy groups -OCH3 is 1. The van der Waals surface area contributed by atoms with Gasteiger partial charge in [-0.25, -0.2) is 0 Å². The van der Waals surface area contributed by atoms with Crippen LogP contribution in [0.1, 0.15) is 30.9 Å². The van der Waals surface area contributed by atoms with Crippen molar-refractivity contribution in [3.63, 3.8) is 0 Å². The standard InChI is InChI=1S/C19H22O3/c1-14(2)17(12-20)16-9-10-18(21-3)19(11-16)22-13-15-7-5-4-6-8-15/h4-12,14,17H,13H2,1-3H3. The van der Waals surface area contributed by atoms with Crippen molar-refractivity contribution in [3.05, 3.63) is 59.7 Å². The molecule has 2 rings (SSSR count). The van der Waals surface area contributed by atoms with E-state index in [2.05, 4.69) is 0 Å². The van der Waals surface area contributed by atoms with E-state index in [0.29, 0.717) is 18.1 Å². The van der Waals surface area contributed by atoms with Gasteiger partial charge in [0.05, 0.1) is 7.11 Å². The normalized spacial score (nSPS) is 12.0. The van der Waals surface area contributed by atoms with Gasteiger partial charge in [-0.2, -0.15) is 0 Å². The lowest BCUT2D eigenvalue weighted by molar-refractivity contribution is -0.109. The third-order valence-electron chi connectivity index (χ3n) is 3.67. The summed E-state index contributed by atoms with van der Waals surface area (Å²) in [6, 6.07) is 15.6. The van der Waals surface area contributed by atoms with Crippen molar-refractivity contribution < 1.29 is 14.3 Å². The zero-order valence-electron chi connectivity index (χ0n) is 13.3. The lowest BCUT2D eigenvalue weighted by Crippen LogP contribution is -2.08. The molecule has 0 aromatic heterocycles. The summed E-state index contributed by atoms with van der Waals surface area (Å²) in [5, 5.41) is 0. The molecule has 3 heteroatoms. The number of hydrogen-bond acceptors (Lipinski definition) is 3. The average Bonchev–Trinajstić information content (AvgIpc) is 2.54. The molecule has 0 amide bonds. The minimum Gasteiger partial charge on any atom is -0.493 e. The fraction of sp³-hybridized carbons (Fsp3) is 0.316. The van der Waals surface area contributed by atoms with Crippen molar-refractivity contribution in [1.82, 2.24) is 0 Å². The molecule has 0 saturated heterocycles. The van der Waals surface area contributed by atoms with Crippen LogP contribution in [0.5, 0.6) is 11.5 Å². The van der Waals surface area contributed by atoms with Crippen LogP contribution in [-0.2, 0) is 11.4 Å². The zero-order valence-corrected chi connectivity index (χ0v) is 13.3. The maximum atomic E-state index is 11.3. The van der Waals surface area contributed by atoms with Crippen molar-refractivity contribution in [2.45, 2.75) is 26.4 Å². The lowest BCUT2D eigenvalue weighted by atomic mass is 9.89. The molecule has 0 radical (unpaired) electrons. The van der Waals surface area contributed by atoms with Crippen LogP contribution in [0.3, 0.4) is 0 Å². The third-order valence-corrected chi connectivity index (χ3v) is 3.67. The van der Waals surface area contributed by atoms with Crippen LogP contribution in [0, 0.1) is 5.92 Å². The van der Waals surface area contributed by atoms with Crippen LogP contribution >= 0.6 is 0 Å². The Morgan fingerprint density at radius 3 is 2.36 bits per heavy atom. The fourth-order valence-electron chi connectivity index (χ4n) is 2.37. The highest BCUT2D eigenvalue weighted by Gasteiger charge is 2.17. The summed E-state index contributed by atoms with van der Waals surface area (Å²) < 4.78 is 11.2. The number of rotatable bonds is 7. The first kappa shape index (κ1) is 16.1. The van der Waals surface area contributed by atoms with E-state index in [0.717, 1.165) is 17.4 Å². The van der Waals surface area contributed by atoms with Gasteiger partial charge in [-0.1, -0.05) is 50.2 Å². The Labute approximate surface area is 131 Å². The largest absolute Gasteiger partial charge is 0.493 e. The fourth-order valence-corrected chi connectivity index (χ4v) is 2.37. The highest BCUT2D eigenvalue weighted by Crippen LogP contribution is 2.33. The molecular formula is C19H22O3. The first-order chi connectivity index (χ1) is 10.7. The summed E-state index contributed by atoms with van der Waals surface area (Å²) in [6.45, 7) is 4.54. The molecule has 0 aliphatic heterocycles. The maximum Gasteiger partial charge on any atom is 0.161 e. The van der Waals surface area contributed by atoms with E-state index in [9.17, 15) is 4.79 Å². The van der Waals surface area contributed by atoms with E-state index in [-0.39, 0.29) is 11.8 Å². The first-order valence-electron chi connectivity index (χ1n) is 7.45. The highest BCUT2D eigenvalue weighted by atomic mass is 16.5. The Balaban J connectivity index is 2.22. The minimum atomic E-state index is -0.134. The summed E-state index contributed by atoms with van der Waals surface area (Å²) >= 11 is 0. The molecule has 3 nitrogen and oxygen atoms in total. The molecule has 2 aromatic rings. The predicted octanol–water partition coefficient (Wildman–Crippen LogP) is 4.21. The maximum absolute atomic E-state index is 11.3. The molecule has 1 unspecified atom stereocenters. The Hall–Kier alpha value is -2.29. The molecule has 0 aliphatic carbocycles. The van der Waals surface area contributed by atoms with Crippen LogP contribution < -0.4 is 9.47 Å². The molecule has 0 heterocycles. The quantitative estimate of drug-likeness (QED) is 0.718. The smallest absolute Gasteiger partial charge is 0.161 e. The first-order valence-corrected chi connectivity index (χ1v) is 7.45. The Morgan fingerprint density at radius 1 is 1.05 bits per heavy atom. The molecule has 116 valence electrons. The lowest BCUT2D eigenvalue weighted by Gasteiger charge is -2.17. The van der Waals surface area contributed by atoms with Crippen molar-refractivity contribution in [1.29, 1.82) is 0 Å². The van der Waals surface area contributed by atoms with E-state index >= 15 is 0 Å². The summed E-state index contributed by atoms with van der Waals surface area (Å²) in [6.07, 6.45) is 0.994. The Bertz CT molecular complexity index is 605. The van der Waals surface area contributed by atoms with Crippen LogP contribution in [-0.4, -0.2) is 13.4 Å². The topological polar surface area (TPSA) is 35.5 Å². The van der Waals surface area contributed by atoms with Gasteiger partial charge in [-0.05, 0) is 29.2 Å². The Kier molecular flexibility index (Phi) is 5.59.